The van der Waals surface area contributed by atoms with E-state index in [-0.39, 0.29) is 11.6 Å². The number of aromatic nitrogens is 1. The van der Waals surface area contributed by atoms with E-state index in [1.807, 2.05) is 18.2 Å². The van der Waals surface area contributed by atoms with Gasteiger partial charge in [0.05, 0.1) is 0 Å². The molecule has 1 aromatic carbocycles. The highest BCUT2D eigenvalue weighted by Gasteiger charge is 2.38. The van der Waals surface area contributed by atoms with Crippen LogP contribution in [0.4, 0.5) is 0 Å². The largest absolute Gasteiger partial charge is 0.345 e. The molecule has 2 heterocycles. The summed E-state index contributed by atoms with van der Waals surface area (Å²) in [6.45, 7) is 0.223. The fraction of sp³-hybridized carbons (Fsp3) is 0.308. The van der Waals surface area contributed by atoms with Crippen LogP contribution >= 0.6 is 11.8 Å². The van der Waals surface area contributed by atoms with Crippen molar-refractivity contribution in [1.82, 2.24) is 14.8 Å². The van der Waals surface area contributed by atoms with Gasteiger partial charge in [-0.3, -0.25) is 10.0 Å². The molecule has 1 atom stereocenters. The zero-order chi connectivity index (χ0) is 15.7. The topological polar surface area (TPSA) is 102 Å². The van der Waals surface area contributed by atoms with Crippen molar-refractivity contribution in [2.45, 2.75) is 11.1 Å². The summed E-state index contributed by atoms with van der Waals surface area (Å²) in [5, 5.41) is 9.66. The molecule has 1 unspecified atom stereocenters. The molecule has 0 saturated carbocycles. The van der Waals surface area contributed by atoms with Crippen LogP contribution in [-0.2, 0) is 14.8 Å². The molecule has 0 radical (unpaired) electrons. The summed E-state index contributed by atoms with van der Waals surface area (Å²) in [5.74, 6) is 0.201. The third kappa shape index (κ3) is 2.60. The molecule has 3 rings (SSSR count). The number of nitrogens with zero attached hydrogens (tertiary/aromatic N) is 1. The predicted molar refractivity (Wildman–Crippen MR) is 83.2 cm³/mol. The lowest BCUT2D eigenvalue weighted by Gasteiger charge is -2.32. The molecule has 0 aliphatic carbocycles. The van der Waals surface area contributed by atoms with Gasteiger partial charge in [-0.25, -0.2) is 13.9 Å². The Morgan fingerprint density at radius 2 is 2.18 bits per heavy atom. The number of rotatable bonds is 3. The summed E-state index contributed by atoms with van der Waals surface area (Å²) in [4.78, 5) is 14.6. The number of carbonyl (C=O) groups is 1. The summed E-state index contributed by atoms with van der Waals surface area (Å²) in [5.41, 5.74) is 2.26. The first-order valence-electron chi connectivity index (χ1n) is 6.65. The quantitative estimate of drug-likeness (QED) is 0.565. The highest BCUT2D eigenvalue weighted by atomic mass is 32.2. The molecule has 1 aliphatic heterocycles. The zero-order valence-electron chi connectivity index (χ0n) is 11.5. The standard InChI is InChI=1S/C13H15N3O4S2/c17-13(15-18)11-8-21-6-5-16(11)22(19,20)12-7-9-3-1-2-4-10(9)14-12/h1-4,7,11,14,18H,5-6,8H2,(H,15,17). The number of hydrogen-bond acceptors (Lipinski definition) is 5. The summed E-state index contributed by atoms with van der Waals surface area (Å²) in [6, 6.07) is 7.88. The second kappa shape index (κ2) is 5.92. The Balaban J connectivity index is 2.01. The van der Waals surface area contributed by atoms with E-state index in [1.165, 1.54) is 11.8 Å². The van der Waals surface area contributed by atoms with Crippen LogP contribution < -0.4 is 5.48 Å². The maximum absolute atomic E-state index is 12.8. The van der Waals surface area contributed by atoms with Crippen molar-refractivity contribution >= 4 is 38.6 Å². The number of hydrogen-bond donors (Lipinski definition) is 3. The molecule has 1 aliphatic rings. The van der Waals surface area contributed by atoms with E-state index < -0.39 is 22.0 Å². The zero-order valence-corrected chi connectivity index (χ0v) is 13.2. The first kappa shape index (κ1) is 15.3. The van der Waals surface area contributed by atoms with E-state index in [0.29, 0.717) is 11.5 Å². The van der Waals surface area contributed by atoms with Crippen LogP contribution in [0, 0.1) is 0 Å². The molecule has 0 bridgehead atoms. The molecule has 1 amide bonds. The van der Waals surface area contributed by atoms with Crippen molar-refractivity contribution < 1.29 is 18.4 Å². The van der Waals surface area contributed by atoms with Gasteiger partial charge in [0.25, 0.3) is 15.9 Å². The smallest absolute Gasteiger partial charge is 0.262 e. The van der Waals surface area contributed by atoms with E-state index in [0.717, 1.165) is 15.2 Å². The van der Waals surface area contributed by atoms with Crippen LogP contribution in [0.25, 0.3) is 10.9 Å². The predicted octanol–water partition coefficient (Wildman–Crippen LogP) is 0.779. The number of thioether (sulfide) groups is 1. The monoisotopic (exact) mass is 341 g/mol. The van der Waals surface area contributed by atoms with Gasteiger partial charge in [-0.05, 0) is 12.1 Å². The van der Waals surface area contributed by atoms with Crippen molar-refractivity contribution in [3.05, 3.63) is 30.3 Å². The van der Waals surface area contributed by atoms with E-state index >= 15 is 0 Å². The fourth-order valence-corrected chi connectivity index (χ4v) is 5.33. The van der Waals surface area contributed by atoms with Crippen molar-refractivity contribution in [2.24, 2.45) is 0 Å². The second-order valence-corrected chi connectivity index (χ2v) is 7.91. The third-order valence-electron chi connectivity index (χ3n) is 3.58. The lowest BCUT2D eigenvalue weighted by Crippen LogP contribution is -2.53. The molecule has 22 heavy (non-hydrogen) atoms. The van der Waals surface area contributed by atoms with Crippen LogP contribution in [0.1, 0.15) is 0 Å². The molecule has 118 valence electrons. The van der Waals surface area contributed by atoms with Crippen LogP contribution in [0.5, 0.6) is 0 Å². The Labute approximate surface area is 131 Å². The van der Waals surface area contributed by atoms with Gasteiger partial charge in [-0.15, -0.1) is 0 Å². The molecule has 0 spiro atoms. The van der Waals surface area contributed by atoms with Gasteiger partial charge in [-0.2, -0.15) is 16.1 Å². The number of benzene rings is 1. The van der Waals surface area contributed by atoms with E-state index in [4.69, 9.17) is 5.21 Å². The molecular weight excluding hydrogens is 326 g/mol. The van der Waals surface area contributed by atoms with Gasteiger partial charge in [0.15, 0.2) is 0 Å². The molecular formula is C13H15N3O4S2. The SMILES string of the molecule is O=C(NO)C1CSCCN1S(=O)(=O)c1cc2ccccc2[nH]1. The average molecular weight is 341 g/mol. The number of sulfonamides is 1. The van der Waals surface area contributed by atoms with Gasteiger partial charge < -0.3 is 4.98 Å². The second-order valence-electron chi connectivity index (χ2n) is 4.90. The summed E-state index contributed by atoms with van der Waals surface area (Å²) < 4.78 is 26.8. The lowest BCUT2D eigenvalue weighted by molar-refractivity contribution is -0.132. The Kier molecular flexibility index (Phi) is 4.13. The highest BCUT2D eigenvalue weighted by molar-refractivity contribution is 7.99. The molecule has 1 saturated heterocycles. The van der Waals surface area contributed by atoms with Gasteiger partial charge in [0, 0.05) is 29.0 Å². The molecule has 7 nitrogen and oxygen atoms in total. The first-order valence-corrected chi connectivity index (χ1v) is 9.25. The van der Waals surface area contributed by atoms with Crippen LogP contribution in [0.3, 0.4) is 0 Å². The average Bonchev–Trinajstić information content (AvgIpc) is 2.99. The van der Waals surface area contributed by atoms with Crippen LogP contribution in [0.15, 0.2) is 35.4 Å². The van der Waals surface area contributed by atoms with Gasteiger partial charge in [0.2, 0.25) is 0 Å². The van der Waals surface area contributed by atoms with Gasteiger partial charge in [0.1, 0.15) is 11.1 Å². The number of hydroxylamine groups is 1. The van der Waals surface area contributed by atoms with Crippen LogP contribution in [0.2, 0.25) is 0 Å². The van der Waals surface area contributed by atoms with Crippen LogP contribution in [-0.4, -0.2) is 52.9 Å². The van der Waals surface area contributed by atoms with Gasteiger partial charge in [-0.1, -0.05) is 18.2 Å². The third-order valence-corrected chi connectivity index (χ3v) is 6.44. The normalized spacial score (nSPS) is 20.1. The number of amides is 1. The van der Waals surface area contributed by atoms with E-state index in [1.54, 1.807) is 17.6 Å². The molecule has 1 fully saturated rings. The summed E-state index contributed by atoms with van der Waals surface area (Å²) >= 11 is 1.48. The number of carbonyl (C=O) groups excluding carboxylic acids is 1. The summed E-state index contributed by atoms with van der Waals surface area (Å²) in [6.07, 6.45) is 0. The lowest BCUT2D eigenvalue weighted by atomic mass is 10.3. The maximum atomic E-state index is 12.8. The molecule has 9 heteroatoms. The molecule has 2 aromatic rings. The number of aromatic amines is 1. The molecule has 1 aromatic heterocycles. The minimum Gasteiger partial charge on any atom is -0.345 e. The van der Waals surface area contributed by atoms with E-state index in [2.05, 4.69) is 4.98 Å². The minimum atomic E-state index is -3.84. The number of H-pyrrole nitrogens is 1. The molecule has 3 N–H and O–H groups in total. The van der Waals surface area contributed by atoms with Crippen molar-refractivity contribution in [3.8, 4) is 0 Å². The van der Waals surface area contributed by atoms with Crippen molar-refractivity contribution in [2.75, 3.05) is 18.1 Å². The number of para-hydroxylation sites is 1. The van der Waals surface area contributed by atoms with Gasteiger partial charge >= 0.3 is 0 Å². The Bertz CT molecular complexity index is 769. The Hall–Kier alpha value is -1.55. The minimum absolute atomic E-state index is 0.0522. The Morgan fingerprint density at radius 1 is 1.41 bits per heavy atom. The number of fused-ring (bicyclic) bond motifs is 1. The maximum Gasteiger partial charge on any atom is 0.262 e. The van der Waals surface area contributed by atoms with E-state index in [9.17, 15) is 13.2 Å². The fourth-order valence-electron chi connectivity index (χ4n) is 2.47. The number of nitrogens with one attached hydrogen (secondary N) is 2. The van der Waals surface area contributed by atoms with Crippen molar-refractivity contribution in [3.63, 3.8) is 0 Å². The van der Waals surface area contributed by atoms with Crippen molar-refractivity contribution in [1.29, 1.82) is 0 Å². The Morgan fingerprint density at radius 3 is 2.91 bits per heavy atom. The summed E-state index contributed by atoms with van der Waals surface area (Å²) in [7, 11) is -3.84. The first-order chi connectivity index (χ1) is 10.5. The highest BCUT2D eigenvalue weighted by Crippen LogP contribution is 2.26.